The van der Waals surface area contributed by atoms with Crippen molar-refractivity contribution in [2.45, 2.75) is 283 Å². The maximum atomic E-state index is 12.7. The van der Waals surface area contributed by atoms with Crippen molar-refractivity contribution < 1.29 is 28.0 Å². The second kappa shape index (κ2) is 45.5. The molecule has 7 nitrogen and oxygen atoms in total. The summed E-state index contributed by atoms with van der Waals surface area (Å²) in [5.74, 6) is -1.56. The van der Waals surface area contributed by atoms with Crippen molar-refractivity contribution >= 4 is 16.0 Å². The molecule has 0 radical (unpaired) electrons. The molecule has 1 amide bonds. The van der Waals surface area contributed by atoms with Gasteiger partial charge in [0, 0.05) is 0 Å². The zero-order valence-corrected chi connectivity index (χ0v) is 40.3. The zero-order valence-electron chi connectivity index (χ0n) is 39.5. The first-order chi connectivity index (χ1) is 29.2. The molecule has 0 saturated carbocycles. The van der Waals surface area contributed by atoms with E-state index in [1.165, 1.54) is 199 Å². The van der Waals surface area contributed by atoms with Gasteiger partial charge in [0.05, 0.1) is 17.9 Å². The predicted octanol–water partition coefficient (Wildman–Crippen LogP) is 15.0. The summed E-state index contributed by atoms with van der Waals surface area (Å²) in [5, 5.41) is 23.5. The topological polar surface area (TPSA) is 124 Å². The molecule has 3 atom stereocenters. The molecular weight excluding hydrogens is 767 g/mol. The van der Waals surface area contributed by atoms with Crippen LogP contribution in [-0.2, 0) is 14.9 Å². The lowest BCUT2D eigenvalue weighted by Gasteiger charge is -2.22. The van der Waals surface area contributed by atoms with Crippen LogP contribution in [0.5, 0.6) is 0 Å². The van der Waals surface area contributed by atoms with E-state index in [0.29, 0.717) is 12.8 Å². The van der Waals surface area contributed by atoms with Crippen LogP contribution in [-0.4, -0.2) is 53.1 Å². The number of aliphatic hydroxyl groups is 2. The van der Waals surface area contributed by atoms with Gasteiger partial charge in [-0.3, -0.25) is 9.35 Å². The Kier molecular flexibility index (Phi) is 44.4. The first-order valence-corrected chi connectivity index (χ1v) is 27.4. The minimum atomic E-state index is -4.46. The number of nitrogens with one attached hydrogen (secondary N) is 1. The number of unbranched alkanes of at least 4 members (excludes halogenated alkanes) is 34. The van der Waals surface area contributed by atoms with Gasteiger partial charge in [0.15, 0.2) is 0 Å². The van der Waals surface area contributed by atoms with Gasteiger partial charge in [-0.1, -0.05) is 243 Å². The SMILES string of the molecule is CCCCCCCCCCCCCC/C=C\CCCCCCCCC(O)C(=O)NC(CS(=O)(=O)O)C(O)/C=C/CC/C=C/CCCCCCCCCCCCCCCCC. The van der Waals surface area contributed by atoms with Gasteiger partial charge in [-0.25, -0.2) is 0 Å². The van der Waals surface area contributed by atoms with Crippen LogP contribution in [0.25, 0.3) is 0 Å². The fraction of sp³-hybridized carbons (Fsp3) is 0.865. The molecule has 354 valence electrons. The van der Waals surface area contributed by atoms with Gasteiger partial charge in [0.1, 0.15) is 6.10 Å². The van der Waals surface area contributed by atoms with E-state index in [-0.39, 0.29) is 6.42 Å². The first-order valence-electron chi connectivity index (χ1n) is 25.8. The summed E-state index contributed by atoms with van der Waals surface area (Å²) in [5.41, 5.74) is 0. The minimum absolute atomic E-state index is 0.268. The lowest BCUT2D eigenvalue weighted by atomic mass is 10.0. The van der Waals surface area contributed by atoms with E-state index in [0.717, 1.165) is 38.5 Å². The molecule has 4 N–H and O–H groups in total. The molecule has 0 aliphatic rings. The summed E-state index contributed by atoms with van der Waals surface area (Å²) in [7, 11) is -4.46. The van der Waals surface area contributed by atoms with E-state index < -0.39 is 40.0 Å². The Morgan fingerprint density at radius 2 is 0.750 bits per heavy atom. The summed E-state index contributed by atoms with van der Waals surface area (Å²) >= 11 is 0. The average Bonchev–Trinajstić information content (AvgIpc) is 3.22. The van der Waals surface area contributed by atoms with E-state index in [1.807, 2.05) is 0 Å². The number of hydrogen-bond donors (Lipinski definition) is 4. The molecule has 0 bridgehead atoms. The van der Waals surface area contributed by atoms with Crippen LogP contribution in [0.1, 0.15) is 264 Å². The average molecular weight is 866 g/mol. The van der Waals surface area contributed by atoms with Gasteiger partial charge in [-0.05, 0) is 57.8 Å². The summed E-state index contributed by atoms with van der Waals surface area (Å²) in [4.78, 5) is 12.7. The monoisotopic (exact) mass is 866 g/mol. The highest BCUT2D eigenvalue weighted by molar-refractivity contribution is 7.85. The number of carbonyl (C=O) groups is 1. The molecule has 0 saturated heterocycles. The van der Waals surface area contributed by atoms with Crippen molar-refractivity contribution in [3.8, 4) is 0 Å². The predicted molar refractivity (Wildman–Crippen MR) is 259 cm³/mol. The third-order valence-corrected chi connectivity index (χ3v) is 12.7. The number of aliphatic hydroxyl groups excluding tert-OH is 2. The van der Waals surface area contributed by atoms with E-state index >= 15 is 0 Å². The standard InChI is InChI=1S/C52H99NO6S/c1-3-5-7-9-11-13-15-17-19-21-23-25-27-29-31-33-35-37-39-41-43-45-47-51(55)52(56)53-49(48-60(57,58)59)50(54)46-44-42-40-38-36-34-32-30-28-26-24-22-20-18-16-14-12-10-8-6-4-2/h29,31,36,38,44,46,49-51,54-55H,3-28,30,32-35,37,39-43,45,47-48H2,1-2H3,(H,53,56)(H,57,58,59)/b31-29-,38-36+,46-44+. The molecule has 0 aromatic rings. The van der Waals surface area contributed by atoms with Crippen molar-refractivity contribution in [3.05, 3.63) is 36.5 Å². The lowest BCUT2D eigenvalue weighted by Crippen LogP contribution is -2.50. The maximum Gasteiger partial charge on any atom is 0.267 e. The van der Waals surface area contributed by atoms with Crippen LogP contribution in [0.4, 0.5) is 0 Å². The molecule has 0 heterocycles. The van der Waals surface area contributed by atoms with Crippen LogP contribution >= 0.6 is 0 Å². The lowest BCUT2D eigenvalue weighted by molar-refractivity contribution is -0.130. The molecule has 0 spiro atoms. The quantitative estimate of drug-likeness (QED) is 0.0274. The van der Waals surface area contributed by atoms with Gasteiger partial charge in [-0.15, -0.1) is 0 Å². The Hall–Kier alpha value is -1.48. The van der Waals surface area contributed by atoms with Crippen LogP contribution in [0, 0.1) is 0 Å². The Bertz CT molecular complexity index is 1110. The molecule has 8 heteroatoms. The Balaban J connectivity index is 3.94. The van der Waals surface area contributed by atoms with E-state index in [1.54, 1.807) is 6.08 Å². The summed E-state index contributed by atoms with van der Waals surface area (Å²) in [6, 6.07) is -1.25. The number of rotatable bonds is 47. The summed E-state index contributed by atoms with van der Waals surface area (Å²) < 4.78 is 32.7. The van der Waals surface area contributed by atoms with Crippen molar-refractivity contribution in [1.29, 1.82) is 0 Å². The number of allylic oxidation sites excluding steroid dienone is 5. The molecule has 3 unspecified atom stereocenters. The highest BCUT2D eigenvalue weighted by Crippen LogP contribution is 2.16. The largest absolute Gasteiger partial charge is 0.387 e. The molecule has 60 heavy (non-hydrogen) atoms. The molecule has 0 rings (SSSR count). The van der Waals surface area contributed by atoms with Crippen molar-refractivity contribution in [2.24, 2.45) is 0 Å². The van der Waals surface area contributed by atoms with Gasteiger partial charge in [0.25, 0.3) is 10.1 Å². The molecule has 0 aliphatic carbocycles. The van der Waals surface area contributed by atoms with Gasteiger partial charge in [0.2, 0.25) is 5.91 Å². The normalized spacial score (nSPS) is 13.9. The number of carbonyl (C=O) groups excluding carboxylic acids is 1. The van der Waals surface area contributed by atoms with E-state index in [2.05, 4.69) is 43.5 Å². The van der Waals surface area contributed by atoms with Crippen molar-refractivity contribution in [3.63, 3.8) is 0 Å². The second-order valence-electron chi connectivity index (χ2n) is 17.9. The Labute approximate surface area is 372 Å². The van der Waals surface area contributed by atoms with Crippen LogP contribution in [0.15, 0.2) is 36.5 Å². The number of hydrogen-bond acceptors (Lipinski definition) is 5. The molecule has 0 aliphatic heterocycles. The summed E-state index contributed by atoms with van der Waals surface area (Å²) in [6.07, 6.45) is 57.9. The van der Waals surface area contributed by atoms with E-state index in [4.69, 9.17) is 0 Å². The smallest absolute Gasteiger partial charge is 0.267 e. The highest BCUT2D eigenvalue weighted by Gasteiger charge is 2.27. The first kappa shape index (κ1) is 58.5. The number of amides is 1. The zero-order chi connectivity index (χ0) is 44.0. The second-order valence-corrected chi connectivity index (χ2v) is 19.4. The molecule has 0 aromatic heterocycles. The highest BCUT2D eigenvalue weighted by atomic mass is 32.2. The van der Waals surface area contributed by atoms with Crippen LogP contribution in [0.3, 0.4) is 0 Å². The van der Waals surface area contributed by atoms with Crippen molar-refractivity contribution in [1.82, 2.24) is 5.32 Å². The third kappa shape index (κ3) is 44.6. The van der Waals surface area contributed by atoms with Crippen molar-refractivity contribution in [2.75, 3.05) is 5.75 Å². The fourth-order valence-electron chi connectivity index (χ4n) is 7.94. The molecule has 0 aromatic carbocycles. The van der Waals surface area contributed by atoms with Gasteiger partial charge >= 0.3 is 0 Å². The van der Waals surface area contributed by atoms with Crippen LogP contribution in [0.2, 0.25) is 0 Å². The minimum Gasteiger partial charge on any atom is -0.387 e. The van der Waals surface area contributed by atoms with Crippen LogP contribution < -0.4 is 5.32 Å². The molecular formula is C52H99NO6S. The Morgan fingerprint density at radius 3 is 1.10 bits per heavy atom. The fourth-order valence-corrected chi connectivity index (χ4v) is 8.67. The third-order valence-electron chi connectivity index (χ3n) is 11.9. The van der Waals surface area contributed by atoms with E-state index in [9.17, 15) is 28.0 Å². The summed E-state index contributed by atoms with van der Waals surface area (Å²) in [6.45, 7) is 4.55. The maximum absolute atomic E-state index is 12.7. The Morgan fingerprint density at radius 1 is 0.450 bits per heavy atom. The van der Waals surface area contributed by atoms with Gasteiger partial charge < -0.3 is 15.5 Å². The van der Waals surface area contributed by atoms with Gasteiger partial charge in [-0.2, -0.15) is 8.42 Å². The molecule has 0 fully saturated rings.